The number of hydrogen-bond acceptors (Lipinski definition) is 1. The quantitative estimate of drug-likeness (QED) is 0.807. The molecule has 1 aliphatic rings. The van der Waals surface area contributed by atoms with E-state index in [9.17, 15) is 9.90 Å². The Morgan fingerprint density at radius 1 is 1.06 bits per heavy atom. The van der Waals surface area contributed by atoms with Crippen molar-refractivity contribution in [2.75, 3.05) is 0 Å². The fraction of sp³-hybridized carbons (Fsp3) is 0.133. The number of carbonyl (C=O) groups is 1. The average Bonchev–Trinajstić information content (AvgIpc) is 2.62. The molecule has 0 aliphatic heterocycles. The van der Waals surface area contributed by atoms with Crippen molar-refractivity contribution < 1.29 is 9.90 Å². The van der Waals surface area contributed by atoms with Gasteiger partial charge in [0.25, 0.3) is 0 Å². The van der Waals surface area contributed by atoms with E-state index in [1.807, 2.05) is 49.4 Å². The normalized spacial score (nSPS) is 16.4. The topological polar surface area (TPSA) is 37.3 Å². The van der Waals surface area contributed by atoms with E-state index in [1.54, 1.807) is 0 Å². The molecule has 84 valence electrons. The maximum atomic E-state index is 11.4. The maximum Gasteiger partial charge on any atom is 0.315 e. The standard InChI is InChI=1S/C15H12O2/c1-9-6-7-11-10-4-2-3-5-12(10)14(15(16)17)13(11)8-9/h2-8,14H,1H3,(H,16,17)/t14-/m0/s1. The van der Waals surface area contributed by atoms with Gasteiger partial charge in [-0.05, 0) is 29.2 Å². The highest BCUT2D eigenvalue weighted by Crippen LogP contribution is 2.44. The third-order valence-corrected chi connectivity index (χ3v) is 3.33. The van der Waals surface area contributed by atoms with Crippen LogP contribution in [-0.4, -0.2) is 11.1 Å². The van der Waals surface area contributed by atoms with Gasteiger partial charge in [-0.3, -0.25) is 4.79 Å². The first-order valence-corrected chi connectivity index (χ1v) is 5.61. The zero-order valence-corrected chi connectivity index (χ0v) is 9.47. The van der Waals surface area contributed by atoms with Crippen molar-refractivity contribution in [1.82, 2.24) is 0 Å². The molecule has 0 spiro atoms. The number of aliphatic carboxylic acids is 1. The van der Waals surface area contributed by atoms with Crippen LogP contribution in [0.1, 0.15) is 22.6 Å². The van der Waals surface area contributed by atoms with Crippen LogP contribution in [0.15, 0.2) is 42.5 Å². The lowest BCUT2D eigenvalue weighted by molar-refractivity contribution is -0.137. The van der Waals surface area contributed by atoms with Crippen molar-refractivity contribution in [3.63, 3.8) is 0 Å². The van der Waals surface area contributed by atoms with Crippen LogP contribution in [0.5, 0.6) is 0 Å². The molecule has 2 nitrogen and oxygen atoms in total. The van der Waals surface area contributed by atoms with Gasteiger partial charge >= 0.3 is 5.97 Å². The lowest BCUT2D eigenvalue weighted by Crippen LogP contribution is -2.10. The predicted octanol–water partition coefficient (Wildman–Crippen LogP) is 3.19. The van der Waals surface area contributed by atoms with Gasteiger partial charge in [0.05, 0.1) is 0 Å². The molecule has 2 aromatic carbocycles. The van der Waals surface area contributed by atoms with Gasteiger partial charge in [-0.25, -0.2) is 0 Å². The molecule has 2 heteroatoms. The first kappa shape index (κ1) is 10.1. The zero-order chi connectivity index (χ0) is 12.0. The number of benzene rings is 2. The third kappa shape index (κ3) is 1.37. The number of hydrogen-bond donors (Lipinski definition) is 1. The molecule has 3 rings (SSSR count). The molecule has 17 heavy (non-hydrogen) atoms. The highest BCUT2D eigenvalue weighted by atomic mass is 16.4. The van der Waals surface area contributed by atoms with E-state index in [0.717, 1.165) is 27.8 Å². The Kier molecular flexibility index (Phi) is 2.05. The van der Waals surface area contributed by atoms with E-state index < -0.39 is 11.9 Å². The highest BCUT2D eigenvalue weighted by molar-refractivity contribution is 5.92. The Morgan fingerprint density at radius 3 is 2.53 bits per heavy atom. The summed E-state index contributed by atoms with van der Waals surface area (Å²) in [7, 11) is 0. The lowest BCUT2D eigenvalue weighted by Gasteiger charge is -2.07. The fourth-order valence-electron chi connectivity index (χ4n) is 2.59. The molecular formula is C15H12O2. The molecule has 0 unspecified atom stereocenters. The Morgan fingerprint density at radius 2 is 1.76 bits per heavy atom. The predicted molar refractivity (Wildman–Crippen MR) is 66.1 cm³/mol. The SMILES string of the molecule is Cc1ccc2c(c1)[C@@H](C(=O)O)c1ccccc1-2. The molecule has 0 fully saturated rings. The van der Waals surface area contributed by atoms with Gasteiger partial charge in [0.1, 0.15) is 5.92 Å². The molecule has 2 aromatic rings. The number of fused-ring (bicyclic) bond motifs is 3. The molecule has 1 aliphatic carbocycles. The number of carboxylic acid groups (broad SMARTS) is 1. The summed E-state index contributed by atoms with van der Waals surface area (Å²) in [5.41, 5.74) is 5.02. The van der Waals surface area contributed by atoms with Crippen molar-refractivity contribution in [1.29, 1.82) is 0 Å². The van der Waals surface area contributed by atoms with Crippen LogP contribution < -0.4 is 0 Å². The Labute approximate surface area is 99.5 Å². The molecule has 0 saturated heterocycles. The Bertz CT molecular complexity index is 614. The van der Waals surface area contributed by atoms with Gasteiger partial charge < -0.3 is 5.11 Å². The van der Waals surface area contributed by atoms with E-state index in [4.69, 9.17) is 0 Å². The summed E-state index contributed by atoms with van der Waals surface area (Å²) in [6, 6.07) is 13.8. The summed E-state index contributed by atoms with van der Waals surface area (Å²) in [6.07, 6.45) is 0. The summed E-state index contributed by atoms with van der Waals surface area (Å²) in [6.45, 7) is 1.99. The van der Waals surface area contributed by atoms with Crippen LogP contribution in [0.2, 0.25) is 0 Å². The Balaban J connectivity index is 2.33. The van der Waals surface area contributed by atoms with Crippen LogP contribution in [0.25, 0.3) is 11.1 Å². The summed E-state index contributed by atoms with van der Waals surface area (Å²) < 4.78 is 0. The van der Waals surface area contributed by atoms with E-state index in [-0.39, 0.29) is 0 Å². The van der Waals surface area contributed by atoms with Gasteiger partial charge in [0, 0.05) is 0 Å². The zero-order valence-electron chi connectivity index (χ0n) is 9.47. The first-order valence-electron chi connectivity index (χ1n) is 5.61. The van der Waals surface area contributed by atoms with E-state index in [2.05, 4.69) is 0 Å². The first-order chi connectivity index (χ1) is 8.18. The second-order valence-corrected chi connectivity index (χ2v) is 4.45. The number of aryl methyl sites for hydroxylation is 1. The van der Waals surface area contributed by atoms with Gasteiger partial charge in [-0.2, -0.15) is 0 Å². The molecule has 0 radical (unpaired) electrons. The molecular weight excluding hydrogens is 212 g/mol. The van der Waals surface area contributed by atoms with E-state index in [0.29, 0.717) is 0 Å². The van der Waals surface area contributed by atoms with Gasteiger partial charge in [0.2, 0.25) is 0 Å². The van der Waals surface area contributed by atoms with Crippen LogP contribution in [0, 0.1) is 6.92 Å². The van der Waals surface area contributed by atoms with Crippen molar-refractivity contribution in [2.24, 2.45) is 0 Å². The van der Waals surface area contributed by atoms with Gasteiger partial charge in [0.15, 0.2) is 0 Å². The van der Waals surface area contributed by atoms with Crippen molar-refractivity contribution >= 4 is 5.97 Å². The summed E-state index contributed by atoms with van der Waals surface area (Å²) in [5, 5.41) is 9.40. The van der Waals surface area contributed by atoms with Crippen molar-refractivity contribution in [3.05, 3.63) is 59.2 Å². The fourth-order valence-corrected chi connectivity index (χ4v) is 2.59. The molecule has 1 atom stereocenters. The van der Waals surface area contributed by atoms with Crippen LogP contribution in [0.3, 0.4) is 0 Å². The monoisotopic (exact) mass is 224 g/mol. The molecule has 0 amide bonds. The van der Waals surface area contributed by atoms with Crippen molar-refractivity contribution in [3.8, 4) is 11.1 Å². The second kappa shape index (κ2) is 3.45. The minimum Gasteiger partial charge on any atom is -0.481 e. The van der Waals surface area contributed by atoms with E-state index in [1.165, 1.54) is 0 Å². The summed E-state index contributed by atoms with van der Waals surface area (Å²) in [5.74, 6) is -1.29. The lowest BCUT2D eigenvalue weighted by atomic mass is 9.96. The number of rotatable bonds is 1. The van der Waals surface area contributed by atoms with Crippen LogP contribution >= 0.6 is 0 Å². The van der Waals surface area contributed by atoms with E-state index >= 15 is 0 Å². The molecule has 0 saturated carbocycles. The Hall–Kier alpha value is -2.09. The highest BCUT2D eigenvalue weighted by Gasteiger charge is 2.33. The molecule has 0 bridgehead atoms. The molecule has 1 N–H and O–H groups in total. The average molecular weight is 224 g/mol. The van der Waals surface area contributed by atoms with Gasteiger partial charge in [-0.15, -0.1) is 0 Å². The molecule has 0 heterocycles. The number of carboxylic acids is 1. The summed E-state index contributed by atoms with van der Waals surface area (Å²) >= 11 is 0. The minimum absolute atomic E-state index is 0.513. The second-order valence-electron chi connectivity index (χ2n) is 4.45. The maximum absolute atomic E-state index is 11.4. The molecule has 0 aromatic heterocycles. The largest absolute Gasteiger partial charge is 0.481 e. The van der Waals surface area contributed by atoms with Crippen LogP contribution in [0.4, 0.5) is 0 Å². The van der Waals surface area contributed by atoms with Crippen LogP contribution in [-0.2, 0) is 4.79 Å². The minimum atomic E-state index is -0.776. The smallest absolute Gasteiger partial charge is 0.315 e. The van der Waals surface area contributed by atoms with Gasteiger partial charge in [-0.1, -0.05) is 48.0 Å². The van der Waals surface area contributed by atoms with Crippen molar-refractivity contribution in [2.45, 2.75) is 12.8 Å². The third-order valence-electron chi connectivity index (χ3n) is 3.33. The summed E-state index contributed by atoms with van der Waals surface area (Å²) in [4.78, 5) is 11.4.